The predicted molar refractivity (Wildman–Crippen MR) is 83.6 cm³/mol. The van der Waals surface area contributed by atoms with Crippen molar-refractivity contribution in [2.75, 3.05) is 11.1 Å². The first kappa shape index (κ1) is 14.8. The Morgan fingerprint density at radius 1 is 1.24 bits per heavy atom. The van der Waals surface area contributed by atoms with E-state index in [-0.39, 0.29) is 17.3 Å². The Morgan fingerprint density at radius 2 is 1.95 bits per heavy atom. The Kier molecular flexibility index (Phi) is 4.71. The quantitative estimate of drug-likeness (QED) is 0.624. The molecule has 0 aliphatic heterocycles. The first-order chi connectivity index (χ1) is 10.1. The third-order valence-electron chi connectivity index (χ3n) is 3.13. The van der Waals surface area contributed by atoms with Gasteiger partial charge in [0.25, 0.3) is 0 Å². The highest BCUT2D eigenvalue weighted by Crippen LogP contribution is 2.26. The molecule has 1 aromatic carbocycles. The van der Waals surface area contributed by atoms with E-state index in [0.29, 0.717) is 0 Å². The van der Waals surface area contributed by atoms with Crippen LogP contribution in [0.2, 0.25) is 0 Å². The molecule has 0 saturated heterocycles. The minimum absolute atomic E-state index is 0.0979. The topological polar surface area (TPSA) is 94.1 Å². The van der Waals surface area contributed by atoms with Gasteiger partial charge in [-0.2, -0.15) is 0 Å². The van der Waals surface area contributed by atoms with Gasteiger partial charge in [-0.25, -0.2) is 4.98 Å². The van der Waals surface area contributed by atoms with E-state index in [2.05, 4.69) is 17.2 Å². The SMILES string of the molecule is CCCCc1ccc(Nc2nc(N)ccc2[N+](=O)[O-])cc1. The van der Waals surface area contributed by atoms with Crippen LogP contribution < -0.4 is 11.1 Å². The van der Waals surface area contributed by atoms with Gasteiger partial charge in [0.05, 0.1) is 4.92 Å². The molecule has 3 N–H and O–H groups in total. The van der Waals surface area contributed by atoms with E-state index in [9.17, 15) is 10.1 Å². The van der Waals surface area contributed by atoms with Gasteiger partial charge in [0.15, 0.2) is 0 Å². The van der Waals surface area contributed by atoms with Crippen LogP contribution in [0.15, 0.2) is 36.4 Å². The molecule has 0 spiro atoms. The van der Waals surface area contributed by atoms with E-state index in [1.54, 1.807) is 0 Å². The molecule has 0 atom stereocenters. The first-order valence-electron chi connectivity index (χ1n) is 6.87. The molecule has 2 aromatic rings. The predicted octanol–water partition coefficient (Wildman–Crippen LogP) is 3.66. The molecule has 0 radical (unpaired) electrons. The summed E-state index contributed by atoms with van der Waals surface area (Å²) in [6.07, 6.45) is 3.34. The highest BCUT2D eigenvalue weighted by Gasteiger charge is 2.15. The highest BCUT2D eigenvalue weighted by atomic mass is 16.6. The summed E-state index contributed by atoms with van der Waals surface area (Å²) in [7, 11) is 0. The number of unbranched alkanes of at least 4 members (excludes halogenated alkanes) is 1. The summed E-state index contributed by atoms with van der Waals surface area (Å²) in [5, 5.41) is 13.9. The van der Waals surface area contributed by atoms with Crippen molar-refractivity contribution in [3.05, 3.63) is 52.1 Å². The van der Waals surface area contributed by atoms with Crippen molar-refractivity contribution in [1.29, 1.82) is 0 Å². The Morgan fingerprint density at radius 3 is 2.57 bits per heavy atom. The zero-order valence-corrected chi connectivity index (χ0v) is 11.9. The molecular weight excluding hydrogens is 268 g/mol. The summed E-state index contributed by atoms with van der Waals surface area (Å²) in [4.78, 5) is 14.5. The Balaban J connectivity index is 2.18. The summed E-state index contributed by atoms with van der Waals surface area (Å²) in [6, 6.07) is 10.6. The lowest BCUT2D eigenvalue weighted by Crippen LogP contribution is -2.02. The molecular formula is C15H18N4O2. The lowest BCUT2D eigenvalue weighted by atomic mass is 10.1. The standard InChI is InChI=1S/C15H18N4O2/c1-2-3-4-11-5-7-12(8-6-11)17-15-13(19(20)21)9-10-14(16)18-15/h5-10H,2-4H2,1H3,(H3,16,17,18). The lowest BCUT2D eigenvalue weighted by molar-refractivity contribution is -0.384. The number of aryl methyl sites for hydroxylation is 1. The van der Waals surface area contributed by atoms with Crippen molar-refractivity contribution >= 4 is 23.0 Å². The van der Waals surface area contributed by atoms with Crippen LogP contribution >= 0.6 is 0 Å². The van der Waals surface area contributed by atoms with E-state index in [1.165, 1.54) is 17.7 Å². The maximum absolute atomic E-state index is 11.0. The number of benzene rings is 1. The number of pyridine rings is 1. The maximum Gasteiger partial charge on any atom is 0.311 e. The average Bonchev–Trinajstić information content (AvgIpc) is 2.46. The summed E-state index contributed by atoms with van der Waals surface area (Å²) in [5.41, 5.74) is 7.48. The number of hydrogen-bond acceptors (Lipinski definition) is 5. The number of aromatic nitrogens is 1. The highest BCUT2D eigenvalue weighted by molar-refractivity contribution is 5.67. The van der Waals surface area contributed by atoms with Gasteiger partial charge in [0.2, 0.25) is 5.82 Å². The second-order valence-corrected chi connectivity index (χ2v) is 4.79. The average molecular weight is 286 g/mol. The molecule has 0 aliphatic rings. The Hall–Kier alpha value is -2.63. The molecule has 0 unspecified atom stereocenters. The molecule has 110 valence electrons. The number of nitro groups is 1. The normalized spacial score (nSPS) is 10.3. The van der Waals surface area contributed by atoms with Crippen molar-refractivity contribution in [3.63, 3.8) is 0 Å². The van der Waals surface area contributed by atoms with Crippen molar-refractivity contribution in [2.24, 2.45) is 0 Å². The Labute approximate surface area is 123 Å². The molecule has 0 saturated carbocycles. The summed E-state index contributed by atoms with van der Waals surface area (Å²) in [6.45, 7) is 2.15. The van der Waals surface area contributed by atoms with Gasteiger partial charge in [-0.05, 0) is 36.6 Å². The fourth-order valence-electron chi connectivity index (χ4n) is 1.98. The zero-order valence-electron chi connectivity index (χ0n) is 11.9. The third-order valence-corrected chi connectivity index (χ3v) is 3.13. The molecule has 0 aliphatic carbocycles. The number of rotatable bonds is 6. The van der Waals surface area contributed by atoms with Crippen LogP contribution in [-0.2, 0) is 6.42 Å². The van der Waals surface area contributed by atoms with Gasteiger partial charge in [-0.3, -0.25) is 10.1 Å². The van der Waals surface area contributed by atoms with Crippen molar-refractivity contribution in [1.82, 2.24) is 4.98 Å². The number of nitrogens with one attached hydrogen (secondary N) is 1. The Bertz CT molecular complexity index is 626. The summed E-state index contributed by atoms with van der Waals surface area (Å²) in [5.74, 6) is 0.393. The van der Waals surface area contributed by atoms with Gasteiger partial charge >= 0.3 is 5.69 Å². The molecule has 1 aromatic heterocycles. The first-order valence-corrected chi connectivity index (χ1v) is 6.87. The molecule has 0 amide bonds. The fraction of sp³-hybridized carbons (Fsp3) is 0.267. The molecule has 21 heavy (non-hydrogen) atoms. The van der Waals surface area contributed by atoms with Crippen LogP contribution in [0.1, 0.15) is 25.3 Å². The minimum Gasteiger partial charge on any atom is -0.384 e. The number of nitrogens with zero attached hydrogens (tertiary/aromatic N) is 2. The second-order valence-electron chi connectivity index (χ2n) is 4.79. The molecule has 0 fully saturated rings. The van der Waals surface area contributed by atoms with Crippen LogP contribution in [-0.4, -0.2) is 9.91 Å². The molecule has 0 bridgehead atoms. The van der Waals surface area contributed by atoms with Gasteiger partial charge in [-0.15, -0.1) is 0 Å². The van der Waals surface area contributed by atoms with Crippen LogP contribution in [0.25, 0.3) is 0 Å². The molecule has 2 rings (SSSR count). The van der Waals surface area contributed by atoms with Gasteiger partial charge in [-0.1, -0.05) is 25.5 Å². The van der Waals surface area contributed by atoms with E-state index >= 15 is 0 Å². The van der Waals surface area contributed by atoms with E-state index in [1.807, 2.05) is 24.3 Å². The third kappa shape index (κ3) is 3.92. The van der Waals surface area contributed by atoms with Crippen LogP contribution in [0.5, 0.6) is 0 Å². The van der Waals surface area contributed by atoms with Crippen LogP contribution in [0, 0.1) is 10.1 Å². The molecule has 6 nitrogen and oxygen atoms in total. The fourth-order valence-corrected chi connectivity index (χ4v) is 1.98. The smallest absolute Gasteiger partial charge is 0.311 e. The molecule has 6 heteroatoms. The van der Waals surface area contributed by atoms with Gasteiger partial charge in [0, 0.05) is 11.8 Å². The summed E-state index contributed by atoms with van der Waals surface area (Å²) < 4.78 is 0. The van der Waals surface area contributed by atoms with Crippen molar-refractivity contribution < 1.29 is 4.92 Å². The number of nitrogens with two attached hydrogens (primary N) is 1. The zero-order chi connectivity index (χ0) is 15.2. The van der Waals surface area contributed by atoms with E-state index in [4.69, 9.17) is 5.73 Å². The van der Waals surface area contributed by atoms with Crippen molar-refractivity contribution in [2.45, 2.75) is 26.2 Å². The molecule has 1 heterocycles. The van der Waals surface area contributed by atoms with Crippen LogP contribution in [0.3, 0.4) is 0 Å². The van der Waals surface area contributed by atoms with Crippen molar-refractivity contribution in [3.8, 4) is 0 Å². The van der Waals surface area contributed by atoms with Gasteiger partial charge in [0.1, 0.15) is 5.82 Å². The van der Waals surface area contributed by atoms with E-state index < -0.39 is 4.92 Å². The maximum atomic E-state index is 11.0. The second kappa shape index (κ2) is 6.69. The monoisotopic (exact) mass is 286 g/mol. The number of nitrogen functional groups attached to an aromatic ring is 1. The number of hydrogen-bond donors (Lipinski definition) is 2. The van der Waals surface area contributed by atoms with E-state index in [0.717, 1.165) is 24.9 Å². The van der Waals surface area contributed by atoms with Gasteiger partial charge < -0.3 is 11.1 Å². The minimum atomic E-state index is -0.482. The van der Waals surface area contributed by atoms with Crippen LogP contribution in [0.4, 0.5) is 23.0 Å². The largest absolute Gasteiger partial charge is 0.384 e. The number of anilines is 3. The lowest BCUT2D eigenvalue weighted by Gasteiger charge is -2.08. The summed E-state index contributed by atoms with van der Waals surface area (Å²) >= 11 is 0.